The lowest BCUT2D eigenvalue weighted by Gasteiger charge is -2.38. The molecule has 0 saturated carbocycles. The molecular formula is C17H22N4. The van der Waals surface area contributed by atoms with E-state index >= 15 is 0 Å². The highest BCUT2D eigenvalue weighted by Crippen LogP contribution is 2.31. The molecule has 3 N–H and O–H groups in total. The Balaban J connectivity index is 1.68. The average molecular weight is 282 g/mol. The molecule has 1 aromatic heterocycles. The molecule has 21 heavy (non-hydrogen) atoms. The summed E-state index contributed by atoms with van der Waals surface area (Å²) < 4.78 is 0. The van der Waals surface area contributed by atoms with Gasteiger partial charge in [-0.3, -0.25) is 15.3 Å². The monoisotopic (exact) mass is 282 g/mol. The number of likely N-dealkylation sites (tertiary alicyclic amines) is 1. The van der Waals surface area contributed by atoms with Crippen LogP contribution in [-0.4, -0.2) is 28.8 Å². The Bertz CT molecular complexity index is 657. The van der Waals surface area contributed by atoms with Gasteiger partial charge >= 0.3 is 0 Å². The first-order valence-corrected chi connectivity index (χ1v) is 7.47. The molecule has 0 aliphatic carbocycles. The van der Waals surface area contributed by atoms with Crippen LogP contribution in [0.5, 0.6) is 0 Å². The Hall–Kier alpha value is -1.94. The molecule has 0 unspecified atom stereocenters. The van der Waals surface area contributed by atoms with Gasteiger partial charge in [-0.25, -0.2) is 0 Å². The van der Waals surface area contributed by atoms with Gasteiger partial charge in [0.1, 0.15) is 0 Å². The number of benzene rings is 1. The molecule has 3 rings (SSSR count). The molecule has 1 fully saturated rings. The summed E-state index contributed by atoms with van der Waals surface area (Å²) in [4.78, 5) is 6.80. The summed E-state index contributed by atoms with van der Waals surface area (Å²) in [6, 6.07) is 10.6. The molecule has 110 valence electrons. The van der Waals surface area contributed by atoms with E-state index in [0.717, 1.165) is 38.0 Å². The molecule has 2 heterocycles. The fourth-order valence-electron chi connectivity index (χ4n) is 2.96. The highest BCUT2D eigenvalue weighted by atomic mass is 15.1. The molecule has 0 bridgehead atoms. The number of hydrogen-bond acceptors (Lipinski definition) is 3. The SMILES string of the molecule is CC1(C(=N)N)CCN(Cc2ccc3ncccc3c2)CC1. The highest BCUT2D eigenvalue weighted by Gasteiger charge is 2.32. The fraction of sp³-hybridized carbons (Fsp3) is 0.412. The minimum atomic E-state index is -0.107. The van der Waals surface area contributed by atoms with Crippen LogP contribution < -0.4 is 5.73 Å². The summed E-state index contributed by atoms with van der Waals surface area (Å²) in [5, 5.41) is 8.91. The van der Waals surface area contributed by atoms with Crippen LogP contribution >= 0.6 is 0 Å². The van der Waals surface area contributed by atoms with E-state index in [1.807, 2.05) is 12.3 Å². The standard InChI is InChI=1S/C17H22N4/c1-17(16(18)19)6-9-21(10-7-17)12-13-4-5-15-14(11-13)3-2-8-20-15/h2-5,8,11H,6-7,9-10,12H2,1H3,(H3,18,19). The maximum Gasteiger partial charge on any atom is 0.0966 e. The normalized spacial score (nSPS) is 18.7. The molecular weight excluding hydrogens is 260 g/mol. The maximum absolute atomic E-state index is 7.72. The van der Waals surface area contributed by atoms with E-state index in [1.54, 1.807) is 0 Å². The van der Waals surface area contributed by atoms with Crippen molar-refractivity contribution in [3.8, 4) is 0 Å². The third kappa shape index (κ3) is 2.90. The molecule has 0 radical (unpaired) electrons. The van der Waals surface area contributed by atoms with Gasteiger partial charge in [0.05, 0.1) is 11.4 Å². The predicted octanol–water partition coefficient (Wildman–Crippen LogP) is 2.77. The van der Waals surface area contributed by atoms with E-state index in [1.165, 1.54) is 10.9 Å². The van der Waals surface area contributed by atoms with Gasteiger partial charge < -0.3 is 5.73 Å². The Morgan fingerprint density at radius 2 is 2.10 bits per heavy atom. The molecule has 1 saturated heterocycles. The van der Waals surface area contributed by atoms with Gasteiger partial charge in [-0.2, -0.15) is 0 Å². The molecule has 1 aliphatic heterocycles. The summed E-state index contributed by atoms with van der Waals surface area (Å²) in [6.45, 7) is 5.06. The third-order valence-electron chi connectivity index (χ3n) is 4.68. The van der Waals surface area contributed by atoms with Gasteiger partial charge in [0.25, 0.3) is 0 Å². The predicted molar refractivity (Wildman–Crippen MR) is 86.3 cm³/mol. The van der Waals surface area contributed by atoms with Crippen molar-refractivity contribution in [2.24, 2.45) is 11.1 Å². The minimum Gasteiger partial charge on any atom is -0.387 e. The van der Waals surface area contributed by atoms with Gasteiger partial charge in [0.15, 0.2) is 0 Å². The number of aromatic nitrogens is 1. The van der Waals surface area contributed by atoms with Crippen molar-refractivity contribution >= 4 is 16.7 Å². The first-order chi connectivity index (χ1) is 10.1. The Labute approximate surface area is 125 Å². The number of fused-ring (bicyclic) bond motifs is 1. The zero-order chi connectivity index (χ0) is 14.9. The number of nitrogens with two attached hydrogens (primary N) is 1. The van der Waals surface area contributed by atoms with Crippen molar-refractivity contribution in [2.75, 3.05) is 13.1 Å². The van der Waals surface area contributed by atoms with Crippen LogP contribution in [0.4, 0.5) is 0 Å². The molecule has 2 aromatic rings. The van der Waals surface area contributed by atoms with Crippen LogP contribution in [0.1, 0.15) is 25.3 Å². The smallest absolute Gasteiger partial charge is 0.0966 e. The second kappa shape index (κ2) is 5.45. The van der Waals surface area contributed by atoms with E-state index in [2.05, 4.69) is 41.1 Å². The van der Waals surface area contributed by atoms with Crippen LogP contribution in [0.3, 0.4) is 0 Å². The average Bonchev–Trinajstić information content (AvgIpc) is 2.49. The maximum atomic E-state index is 7.72. The largest absolute Gasteiger partial charge is 0.387 e. The molecule has 0 spiro atoms. The highest BCUT2D eigenvalue weighted by molar-refractivity contribution is 5.83. The number of amidine groups is 1. The fourth-order valence-corrected chi connectivity index (χ4v) is 2.96. The molecule has 1 aromatic carbocycles. The lowest BCUT2D eigenvalue weighted by Crippen LogP contribution is -2.44. The van der Waals surface area contributed by atoms with E-state index in [0.29, 0.717) is 5.84 Å². The molecule has 1 aliphatic rings. The second-order valence-corrected chi connectivity index (χ2v) is 6.28. The van der Waals surface area contributed by atoms with Gasteiger partial charge in [-0.05, 0) is 49.7 Å². The summed E-state index contributed by atoms with van der Waals surface area (Å²) in [6.07, 6.45) is 3.77. The van der Waals surface area contributed by atoms with Crippen LogP contribution in [0, 0.1) is 10.8 Å². The first-order valence-electron chi connectivity index (χ1n) is 7.47. The molecule has 0 amide bonds. The number of piperidine rings is 1. The van der Waals surface area contributed by atoms with Crippen molar-refractivity contribution < 1.29 is 0 Å². The lowest BCUT2D eigenvalue weighted by molar-refractivity contribution is 0.156. The second-order valence-electron chi connectivity index (χ2n) is 6.28. The van der Waals surface area contributed by atoms with Crippen LogP contribution in [0.25, 0.3) is 10.9 Å². The van der Waals surface area contributed by atoms with Crippen LogP contribution in [0.15, 0.2) is 36.5 Å². The first kappa shape index (κ1) is 14.0. The Morgan fingerprint density at radius 3 is 2.81 bits per heavy atom. The van der Waals surface area contributed by atoms with Gasteiger partial charge in [-0.1, -0.05) is 19.1 Å². The van der Waals surface area contributed by atoms with Gasteiger partial charge in [0, 0.05) is 23.5 Å². The van der Waals surface area contributed by atoms with E-state index in [4.69, 9.17) is 11.1 Å². The van der Waals surface area contributed by atoms with Crippen molar-refractivity contribution in [3.63, 3.8) is 0 Å². The molecule has 0 atom stereocenters. The van der Waals surface area contributed by atoms with Crippen LogP contribution in [-0.2, 0) is 6.54 Å². The van der Waals surface area contributed by atoms with E-state index in [9.17, 15) is 0 Å². The third-order valence-corrected chi connectivity index (χ3v) is 4.68. The summed E-state index contributed by atoms with van der Waals surface area (Å²) in [7, 11) is 0. The van der Waals surface area contributed by atoms with Crippen LogP contribution in [0.2, 0.25) is 0 Å². The molecule has 4 heteroatoms. The zero-order valence-electron chi connectivity index (χ0n) is 12.5. The number of hydrogen-bond donors (Lipinski definition) is 2. The van der Waals surface area contributed by atoms with Gasteiger partial charge in [-0.15, -0.1) is 0 Å². The van der Waals surface area contributed by atoms with Gasteiger partial charge in [0.2, 0.25) is 0 Å². The number of rotatable bonds is 3. The Morgan fingerprint density at radius 1 is 1.33 bits per heavy atom. The number of pyridine rings is 1. The number of nitrogens with one attached hydrogen (secondary N) is 1. The van der Waals surface area contributed by atoms with Crippen molar-refractivity contribution in [2.45, 2.75) is 26.3 Å². The van der Waals surface area contributed by atoms with Crippen molar-refractivity contribution in [1.82, 2.24) is 9.88 Å². The quantitative estimate of drug-likeness (QED) is 0.672. The summed E-state index contributed by atoms with van der Waals surface area (Å²) >= 11 is 0. The Kier molecular flexibility index (Phi) is 3.64. The summed E-state index contributed by atoms with van der Waals surface area (Å²) in [5.41, 5.74) is 7.98. The van der Waals surface area contributed by atoms with Crippen molar-refractivity contribution in [3.05, 3.63) is 42.1 Å². The number of nitrogens with zero attached hydrogens (tertiary/aromatic N) is 2. The van der Waals surface area contributed by atoms with Crippen molar-refractivity contribution in [1.29, 1.82) is 5.41 Å². The topological polar surface area (TPSA) is 66.0 Å². The summed E-state index contributed by atoms with van der Waals surface area (Å²) in [5.74, 6) is 0.332. The van der Waals surface area contributed by atoms with E-state index < -0.39 is 0 Å². The minimum absolute atomic E-state index is 0.107. The zero-order valence-corrected chi connectivity index (χ0v) is 12.5. The lowest BCUT2D eigenvalue weighted by atomic mass is 9.79. The molecule has 4 nitrogen and oxygen atoms in total. The van der Waals surface area contributed by atoms with E-state index in [-0.39, 0.29) is 5.41 Å².